The van der Waals surface area contributed by atoms with Crippen LogP contribution in [0.25, 0.3) is 0 Å². The molecule has 0 aliphatic carbocycles. The molecule has 2 N–H and O–H groups in total. The van der Waals surface area contributed by atoms with Crippen LogP contribution in [-0.2, 0) is 4.79 Å². The Labute approximate surface area is 107 Å². The lowest BCUT2D eigenvalue weighted by Gasteiger charge is -2.24. The van der Waals surface area contributed by atoms with E-state index in [-0.39, 0.29) is 11.9 Å². The van der Waals surface area contributed by atoms with Gasteiger partial charge in [0.05, 0.1) is 9.50 Å². The number of primary amides is 1. The van der Waals surface area contributed by atoms with Crippen LogP contribution >= 0.6 is 27.5 Å². The molecule has 4 nitrogen and oxygen atoms in total. The first kappa shape index (κ1) is 11.7. The highest BCUT2D eigenvalue weighted by molar-refractivity contribution is 9.10. The second kappa shape index (κ2) is 4.59. The van der Waals surface area contributed by atoms with Crippen LogP contribution in [0.5, 0.6) is 0 Å². The number of nitrogens with zero attached hydrogens (tertiary/aromatic N) is 2. The van der Waals surface area contributed by atoms with Gasteiger partial charge in [-0.1, -0.05) is 11.6 Å². The van der Waals surface area contributed by atoms with Crippen molar-refractivity contribution in [2.24, 2.45) is 5.73 Å². The van der Waals surface area contributed by atoms with Gasteiger partial charge in [-0.3, -0.25) is 4.79 Å². The first-order chi connectivity index (χ1) is 7.59. The Kier molecular flexibility index (Phi) is 3.35. The maximum absolute atomic E-state index is 11.3. The van der Waals surface area contributed by atoms with Crippen LogP contribution in [0.3, 0.4) is 0 Å². The fourth-order valence-corrected chi connectivity index (χ4v) is 2.80. The number of hydrogen-bond acceptors (Lipinski definition) is 3. The van der Waals surface area contributed by atoms with Crippen molar-refractivity contribution in [3.63, 3.8) is 0 Å². The summed E-state index contributed by atoms with van der Waals surface area (Å²) in [5.74, 6) is 0.423. The van der Waals surface area contributed by atoms with Crippen LogP contribution in [0.15, 0.2) is 16.7 Å². The van der Waals surface area contributed by atoms with E-state index in [0.717, 1.165) is 29.7 Å². The summed E-state index contributed by atoms with van der Waals surface area (Å²) in [6.07, 6.45) is 3.30. The smallest absolute Gasteiger partial charge is 0.240 e. The Morgan fingerprint density at radius 3 is 3.06 bits per heavy atom. The lowest BCUT2D eigenvalue weighted by Crippen LogP contribution is -2.40. The summed E-state index contributed by atoms with van der Waals surface area (Å²) < 4.78 is 0.785. The molecule has 16 heavy (non-hydrogen) atoms. The molecule has 1 unspecified atom stereocenters. The molecule has 0 spiro atoms. The molecule has 2 heterocycles. The molecule has 0 aromatic carbocycles. The molecule has 1 aliphatic heterocycles. The molecule has 1 fully saturated rings. The fourth-order valence-electron chi connectivity index (χ4n) is 1.93. The first-order valence-electron chi connectivity index (χ1n) is 4.96. The van der Waals surface area contributed by atoms with Gasteiger partial charge in [0.15, 0.2) is 0 Å². The molecule has 2 rings (SSSR count). The number of halogens is 2. The minimum atomic E-state index is -0.304. The number of hydrogen-bond donors (Lipinski definition) is 1. The molecule has 6 heteroatoms. The summed E-state index contributed by atoms with van der Waals surface area (Å²) >= 11 is 9.21. The number of amides is 1. The number of nitrogens with two attached hydrogens (primary N) is 1. The normalized spacial score (nSPS) is 20.1. The van der Waals surface area contributed by atoms with Crippen molar-refractivity contribution in [1.29, 1.82) is 0 Å². The number of anilines is 1. The molecule has 1 saturated heterocycles. The zero-order valence-corrected chi connectivity index (χ0v) is 10.8. The number of aromatic nitrogens is 1. The van der Waals surface area contributed by atoms with Crippen molar-refractivity contribution in [3.05, 3.63) is 21.8 Å². The van der Waals surface area contributed by atoms with Crippen molar-refractivity contribution in [3.8, 4) is 0 Å². The van der Waals surface area contributed by atoms with E-state index >= 15 is 0 Å². The van der Waals surface area contributed by atoms with Crippen molar-refractivity contribution in [2.45, 2.75) is 18.9 Å². The van der Waals surface area contributed by atoms with Crippen molar-refractivity contribution in [1.82, 2.24) is 4.98 Å². The van der Waals surface area contributed by atoms with Crippen molar-refractivity contribution in [2.75, 3.05) is 11.4 Å². The predicted octanol–water partition coefficient (Wildman–Crippen LogP) is 1.95. The van der Waals surface area contributed by atoms with Gasteiger partial charge >= 0.3 is 0 Å². The maximum atomic E-state index is 11.3. The largest absolute Gasteiger partial charge is 0.368 e. The Morgan fingerprint density at radius 1 is 1.69 bits per heavy atom. The van der Waals surface area contributed by atoms with Crippen LogP contribution in [0.4, 0.5) is 5.82 Å². The van der Waals surface area contributed by atoms with Gasteiger partial charge in [0.1, 0.15) is 11.9 Å². The SMILES string of the molecule is NC(=O)C1CCCN1c1ncc(Cl)cc1Br. The van der Waals surface area contributed by atoms with Gasteiger partial charge in [-0.05, 0) is 34.8 Å². The molecule has 0 bridgehead atoms. The van der Waals surface area contributed by atoms with E-state index in [1.165, 1.54) is 0 Å². The lowest BCUT2D eigenvalue weighted by atomic mass is 10.2. The zero-order valence-electron chi connectivity index (χ0n) is 8.49. The van der Waals surface area contributed by atoms with E-state index in [9.17, 15) is 4.79 Å². The van der Waals surface area contributed by atoms with Gasteiger partial charge in [-0.2, -0.15) is 0 Å². The fraction of sp³-hybridized carbons (Fsp3) is 0.400. The molecule has 86 valence electrons. The van der Waals surface area contributed by atoms with E-state index in [1.807, 2.05) is 4.90 Å². The Hall–Kier alpha value is -0.810. The third kappa shape index (κ3) is 2.15. The van der Waals surface area contributed by atoms with Crippen molar-refractivity contribution < 1.29 is 4.79 Å². The highest BCUT2D eigenvalue weighted by Crippen LogP contribution is 2.31. The summed E-state index contributed by atoms with van der Waals surface area (Å²) in [7, 11) is 0. The summed E-state index contributed by atoms with van der Waals surface area (Å²) in [4.78, 5) is 17.4. The van der Waals surface area contributed by atoms with E-state index < -0.39 is 0 Å². The molecule has 1 aromatic rings. The summed E-state index contributed by atoms with van der Waals surface area (Å²) in [6.45, 7) is 0.792. The van der Waals surface area contributed by atoms with Gasteiger partial charge in [0, 0.05) is 12.7 Å². The van der Waals surface area contributed by atoms with Gasteiger partial charge in [0.25, 0.3) is 0 Å². The Bertz CT molecular complexity index is 427. The quantitative estimate of drug-likeness (QED) is 0.908. The van der Waals surface area contributed by atoms with E-state index in [1.54, 1.807) is 12.3 Å². The molecule has 1 aliphatic rings. The number of carbonyl (C=O) groups excluding carboxylic acids is 1. The van der Waals surface area contributed by atoms with Gasteiger partial charge in [-0.25, -0.2) is 4.98 Å². The minimum Gasteiger partial charge on any atom is -0.368 e. The third-order valence-corrected chi connectivity index (χ3v) is 3.43. The van der Waals surface area contributed by atoms with E-state index in [2.05, 4.69) is 20.9 Å². The van der Waals surface area contributed by atoms with E-state index in [4.69, 9.17) is 17.3 Å². The second-order valence-corrected chi connectivity index (χ2v) is 5.00. The van der Waals surface area contributed by atoms with Crippen LogP contribution in [0.2, 0.25) is 5.02 Å². The molecule has 1 aromatic heterocycles. The topological polar surface area (TPSA) is 59.2 Å². The van der Waals surface area contributed by atoms with Crippen LogP contribution in [-0.4, -0.2) is 23.5 Å². The van der Waals surface area contributed by atoms with Crippen LogP contribution in [0.1, 0.15) is 12.8 Å². The standard InChI is InChI=1S/C10H11BrClN3O/c11-7-4-6(12)5-14-10(7)15-3-1-2-8(15)9(13)16/h4-5,8H,1-3H2,(H2,13,16). The first-order valence-corrected chi connectivity index (χ1v) is 6.13. The molecular weight excluding hydrogens is 293 g/mol. The average Bonchev–Trinajstić information content (AvgIpc) is 2.66. The molecule has 0 radical (unpaired) electrons. The van der Waals surface area contributed by atoms with E-state index in [0.29, 0.717) is 5.02 Å². The average molecular weight is 305 g/mol. The highest BCUT2D eigenvalue weighted by Gasteiger charge is 2.30. The summed E-state index contributed by atoms with van der Waals surface area (Å²) in [6, 6.07) is 1.50. The number of pyridine rings is 1. The second-order valence-electron chi connectivity index (χ2n) is 3.71. The van der Waals surface area contributed by atoms with Gasteiger partial charge < -0.3 is 10.6 Å². The molecule has 1 atom stereocenters. The van der Waals surface area contributed by atoms with Crippen LogP contribution in [0, 0.1) is 0 Å². The molecule has 0 saturated carbocycles. The monoisotopic (exact) mass is 303 g/mol. The number of carbonyl (C=O) groups is 1. The maximum Gasteiger partial charge on any atom is 0.240 e. The predicted molar refractivity (Wildman–Crippen MR) is 66.5 cm³/mol. The summed E-state index contributed by atoms with van der Waals surface area (Å²) in [5, 5.41) is 0.561. The zero-order chi connectivity index (χ0) is 11.7. The number of rotatable bonds is 2. The summed E-state index contributed by atoms with van der Waals surface area (Å²) in [5.41, 5.74) is 5.36. The molecular formula is C10H11BrClN3O. The van der Waals surface area contributed by atoms with Gasteiger partial charge in [-0.15, -0.1) is 0 Å². The third-order valence-electron chi connectivity index (χ3n) is 2.64. The minimum absolute atomic E-state index is 0.259. The molecule has 1 amide bonds. The van der Waals surface area contributed by atoms with Crippen molar-refractivity contribution >= 4 is 39.3 Å². The van der Waals surface area contributed by atoms with Crippen LogP contribution < -0.4 is 10.6 Å². The Morgan fingerprint density at radius 2 is 2.44 bits per heavy atom. The lowest BCUT2D eigenvalue weighted by molar-refractivity contribution is -0.119. The van der Waals surface area contributed by atoms with Gasteiger partial charge in [0.2, 0.25) is 5.91 Å². The Balaban J connectivity index is 2.32. The highest BCUT2D eigenvalue weighted by atomic mass is 79.9.